The fraction of sp³-hybridized carbons (Fsp3) is 0.500. The highest BCUT2D eigenvalue weighted by atomic mass is 32.1. The summed E-state index contributed by atoms with van der Waals surface area (Å²) in [6, 6.07) is -0.195. The molecule has 5 nitrogen and oxygen atoms in total. The Hall–Kier alpha value is -0.980. The zero-order chi connectivity index (χ0) is 10.6. The maximum Gasteiger partial charge on any atom is 0.102 e. The standard InChI is InChI=1S/C8H14N4OS/c1-12(2-3-13)7(8(9)14)6-4-10-5-11-6/h4-5,7,13H,2-3H2,1H3,(H2,9,14)(H,10,11). The molecular weight excluding hydrogens is 200 g/mol. The molecule has 0 aliphatic rings. The minimum Gasteiger partial charge on any atom is -0.395 e. The Balaban J connectivity index is 2.80. The Kier molecular flexibility index (Phi) is 3.99. The zero-order valence-electron chi connectivity index (χ0n) is 7.97. The highest BCUT2D eigenvalue weighted by molar-refractivity contribution is 7.80. The van der Waals surface area contributed by atoms with Gasteiger partial charge in [0.15, 0.2) is 0 Å². The number of aliphatic hydroxyl groups is 1. The van der Waals surface area contributed by atoms with E-state index in [-0.39, 0.29) is 12.6 Å². The highest BCUT2D eigenvalue weighted by Gasteiger charge is 2.20. The average molecular weight is 214 g/mol. The lowest BCUT2D eigenvalue weighted by atomic mass is 10.2. The molecule has 0 saturated heterocycles. The summed E-state index contributed by atoms with van der Waals surface area (Å²) in [4.78, 5) is 9.10. The molecule has 1 unspecified atom stereocenters. The smallest absolute Gasteiger partial charge is 0.102 e. The Labute approximate surface area is 87.9 Å². The lowest BCUT2D eigenvalue weighted by Gasteiger charge is -2.25. The first-order valence-corrected chi connectivity index (χ1v) is 4.66. The second-order valence-electron chi connectivity index (χ2n) is 3.02. The summed E-state index contributed by atoms with van der Waals surface area (Å²) >= 11 is 4.96. The molecule has 0 aliphatic carbocycles. The molecule has 14 heavy (non-hydrogen) atoms. The van der Waals surface area contributed by atoms with Gasteiger partial charge in [0, 0.05) is 12.7 Å². The Morgan fingerprint density at radius 2 is 2.57 bits per heavy atom. The van der Waals surface area contributed by atoms with Gasteiger partial charge in [-0.3, -0.25) is 4.90 Å². The van der Waals surface area contributed by atoms with Gasteiger partial charge in [-0.25, -0.2) is 4.98 Å². The summed E-state index contributed by atoms with van der Waals surface area (Å²) in [7, 11) is 1.85. The largest absolute Gasteiger partial charge is 0.395 e. The molecule has 0 spiro atoms. The van der Waals surface area contributed by atoms with Crippen LogP contribution in [0.1, 0.15) is 11.7 Å². The normalized spacial score (nSPS) is 13.1. The van der Waals surface area contributed by atoms with Crippen LogP contribution in [0.25, 0.3) is 0 Å². The summed E-state index contributed by atoms with van der Waals surface area (Å²) in [5, 5.41) is 8.81. The fourth-order valence-electron chi connectivity index (χ4n) is 1.31. The number of rotatable bonds is 5. The zero-order valence-corrected chi connectivity index (χ0v) is 8.79. The van der Waals surface area contributed by atoms with E-state index in [2.05, 4.69) is 9.97 Å². The van der Waals surface area contributed by atoms with Crippen molar-refractivity contribution in [2.75, 3.05) is 20.2 Å². The molecule has 1 rings (SSSR count). The van der Waals surface area contributed by atoms with E-state index in [4.69, 9.17) is 23.1 Å². The third-order valence-electron chi connectivity index (χ3n) is 1.98. The van der Waals surface area contributed by atoms with Crippen LogP contribution in [-0.2, 0) is 0 Å². The minimum absolute atomic E-state index is 0.0732. The van der Waals surface area contributed by atoms with Gasteiger partial charge in [0.25, 0.3) is 0 Å². The van der Waals surface area contributed by atoms with Crippen LogP contribution in [0.5, 0.6) is 0 Å². The molecule has 78 valence electrons. The number of aromatic amines is 1. The lowest BCUT2D eigenvalue weighted by molar-refractivity contribution is 0.206. The molecule has 0 amide bonds. The number of H-pyrrole nitrogens is 1. The molecule has 1 atom stereocenters. The molecule has 0 aromatic carbocycles. The molecule has 1 aromatic rings. The molecule has 0 saturated carbocycles. The number of imidazole rings is 1. The average Bonchev–Trinajstić information content (AvgIpc) is 2.57. The van der Waals surface area contributed by atoms with Crippen molar-refractivity contribution in [1.29, 1.82) is 0 Å². The first kappa shape index (κ1) is 11.1. The van der Waals surface area contributed by atoms with E-state index in [0.717, 1.165) is 5.69 Å². The summed E-state index contributed by atoms with van der Waals surface area (Å²) in [5.74, 6) is 0. The van der Waals surface area contributed by atoms with Crippen LogP contribution in [-0.4, -0.2) is 45.2 Å². The first-order chi connectivity index (χ1) is 6.66. The number of nitrogens with two attached hydrogens (primary N) is 1. The number of likely N-dealkylation sites (N-methyl/N-ethyl adjacent to an activating group) is 1. The Bertz CT molecular complexity index is 288. The van der Waals surface area contributed by atoms with Crippen LogP contribution >= 0.6 is 12.2 Å². The number of hydrogen-bond donors (Lipinski definition) is 3. The van der Waals surface area contributed by atoms with Crippen LogP contribution < -0.4 is 5.73 Å². The van der Waals surface area contributed by atoms with Crippen molar-refractivity contribution in [3.63, 3.8) is 0 Å². The maximum absolute atomic E-state index is 8.81. The number of thiocarbonyl (C=S) groups is 1. The monoisotopic (exact) mass is 214 g/mol. The van der Waals surface area contributed by atoms with Crippen LogP contribution in [0.15, 0.2) is 12.5 Å². The quantitative estimate of drug-likeness (QED) is 0.585. The Morgan fingerprint density at radius 3 is 3.00 bits per heavy atom. The molecule has 6 heteroatoms. The van der Waals surface area contributed by atoms with Crippen LogP contribution in [0.3, 0.4) is 0 Å². The van der Waals surface area contributed by atoms with Crippen molar-refractivity contribution in [1.82, 2.24) is 14.9 Å². The van der Waals surface area contributed by atoms with E-state index in [1.807, 2.05) is 11.9 Å². The topological polar surface area (TPSA) is 78.2 Å². The summed E-state index contributed by atoms with van der Waals surface area (Å²) in [6.45, 7) is 0.588. The molecule has 0 aliphatic heterocycles. The lowest BCUT2D eigenvalue weighted by Crippen LogP contribution is -2.36. The Morgan fingerprint density at radius 1 is 1.86 bits per heavy atom. The molecular formula is C8H14N4OS. The summed E-state index contributed by atoms with van der Waals surface area (Å²) in [6.07, 6.45) is 3.26. The van der Waals surface area contributed by atoms with Crippen molar-refractivity contribution in [2.45, 2.75) is 6.04 Å². The van der Waals surface area contributed by atoms with Gasteiger partial charge >= 0.3 is 0 Å². The number of nitrogens with one attached hydrogen (secondary N) is 1. The predicted octanol–water partition coefficient (Wildman–Crippen LogP) is -0.339. The third-order valence-corrected chi connectivity index (χ3v) is 2.20. The van der Waals surface area contributed by atoms with Crippen molar-refractivity contribution < 1.29 is 5.11 Å². The van der Waals surface area contributed by atoms with E-state index in [0.29, 0.717) is 11.5 Å². The van der Waals surface area contributed by atoms with Crippen molar-refractivity contribution >= 4 is 17.2 Å². The van der Waals surface area contributed by atoms with Crippen molar-refractivity contribution in [2.24, 2.45) is 5.73 Å². The molecule has 1 aromatic heterocycles. The number of aromatic nitrogens is 2. The second kappa shape index (κ2) is 5.04. The van der Waals surface area contributed by atoms with Gasteiger partial charge in [-0.1, -0.05) is 12.2 Å². The van der Waals surface area contributed by atoms with E-state index < -0.39 is 0 Å². The highest BCUT2D eigenvalue weighted by Crippen LogP contribution is 2.16. The third kappa shape index (κ3) is 2.50. The van der Waals surface area contributed by atoms with E-state index >= 15 is 0 Å². The fourth-order valence-corrected chi connectivity index (χ4v) is 1.62. The van der Waals surface area contributed by atoms with Gasteiger partial charge in [0.2, 0.25) is 0 Å². The second-order valence-corrected chi connectivity index (χ2v) is 3.49. The van der Waals surface area contributed by atoms with Crippen LogP contribution in [0, 0.1) is 0 Å². The summed E-state index contributed by atoms with van der Waals surface area (Å²) < 4.78 is 0. The van der Waals surface area contributed by atoms with Gasteiger partial charge in [0.1, 0.15) is 6.04 Å². The first-order valence-electron chi connectivity index (χ1n) is 4.25. The van der Waals surface area contributed by atoms with Crippen LogP contribution in [0.4, 0.5) is 0 Å². The van der Waals surface area contributed by atoms with Gasteiger partial charge in [-0.15, -0.1) is 0 Å². The molecule has 1 heterocycles. The molecule has 4 N–H and O–H groups in total. The summed E-state index contributed by atoms with van der Waals surface area (Å²) in [5.41, 5.74) is 6.46. The predicted molar refractivity (Wildman–Crippen MR) is 57.8 cm³/mol. The number of aliphatic hydroxyl groups excluding tert-OH is 1. The molecule has 0 fully saturated rings. The SMILES string of the molecule is CN(CCO)C(C(N)=S)c1cnc[nH]1. The van der Waals surface area contributed by atoms with Crippen molar-refractivity contribution in [3.05, 3.63) is 18.2 Å². The maximum atomic E-state index is 8.81. The van der Waals surface area contributed by atoms with Gasteiger partial charge in [-0.2, -0.15) is 0 Å². The molecule has 0 radical (unpaired) electrons. The van der Waals surface area contributed by atoms with E-state index in [9.17, 15) is 0 Å². The van der Waals surface area contributed by atoms with Crippen molar-refractivity contribution in [3.8, 4) is 0 Å². The number of nitrogens with zero attached hydrogens (tertiary/aromatic N) is 2. The van der Waals surface area contributed by atoms with Gasteiger partial charge in [0.05, 0.1) is 23.6 Å². The molecule has 0 bridgehead atoms. The van der Waals surface area contributed by atoms with Gasteiger partial charge in [-0.05, 0) is 7.05 Å². The van der Waals surface area contributed by atoms with E-state index in [1.165, 1.54) is 0 Å². The minimum atomic E-state index is -0.195. The number of hydrogen-bond acceptors (Lipinski definition) is 4. The van der Waals surface area contributed by atoms with E-state index in [1.54, 1.807) is 12.5 Å². The van der Waals surface area contributed by atoms with Gasteiger partial charge < -0.3 is 15.8 Å². The van der Waals surface area contributed by atoms with Crippen LogP contribution in [0.2, 0.25) is 0 Å².